The Morgan fingerprint density at radius 1 is 1.10 bits per heavy atom. The van der Waals surface area contributed by atoms with E-state index in [-0.39, 0.29) is 18.6 Å². The molecule has 0 aromatic heterocycles. The summed E-state index contributed by atoms with van der Waals surface area (Å²) in [5.41, 5.74) is 2.24. The molecular formula is C15H14N2O4. The van der Waals surface area contributed by atoms with E-state index in [9.17, 15) is 9.59 Å². The molecular weight excluding hydrogens is 272 g/mol. The lowest BCUT2D eigenvalue weighted by atomic mass is 9.85. The minimum atomic E-state index is -0.420. The summed E-state index contributed by atoms with van der Waals surface area (Å²) in [4.78, 5) is 24.1. The molecule has 21 heavy (non-hydrogen) atoms. The van der Waals surface area contributed by atoms with E-state index in [1.165, 1.54) is 0 Å². The lowest BCUT2D eigenvalue weighted by molar-refractivity contribution is -0.116. The Labute approximate surface area is 121 Å². The van der Waals surface area contributed by atoms with Crippen LogP contribution < -0.4 is 20.1 Å². The zero-order chi connectivity index (χ0) is 14.4. The average molecular weight is 286 g/mol. The molecule has 108 valence electrons. The molecule has 3 aliphatic rings. The molecule has 6 nitrogen and oxygen atoms in total. The summed E-state index contributed by atoms with van der Waals surface area (Å²) < 4.78 is 10.7. The Morgan fingerprint density at radius 3 is 2.86 bits per heavy atom. The summed E-state index contributed by atoms with van der Waals surface area (Å²) in [6, 6.07) is 4.79. The summed E-state index contributed by atoms with van der Waals surface area (Å²) in [5.74, 6) is 1.42. The van der Waals surface area contributed by atoms with Crippen LogP contribution in [0.2, 0.25) is 0 Å². The van der Waals surface area contributed by atoms with E-state index in [0.29, 0.717) is 23.5 Å². The van der Waals surface area contributed by atoms with Crippen molar-refractivity contribution in [2.45, 2.75) is 25.3 Å². The van der Waals surface area contributed by atoms with Crippen LogP contribution in [0.25, 0.3) is 0 Å². The Balaban J connectivity index is 1.79. The number of ketones is 1. The van der Waals surface area contributed by atoms with Gasteiger partial charge in [-0.05, 0) is 30.5 Å². The molecule has 6 heteroatoms. The van der Waals surface area contributed by atoms with Crippen LogP contribution in [-0.2, 0) is 4.79 Å². The third-order valence-electron chi connectivity index (χ3n) is 4.01. The van der Waals surface area contributed by atoms with E-state index in [2.05, 4.69) is 10.6 Å². The third-order valence-corrected chi connectivity index (χ3v) is 4.01. The number of urea groups is 1. The second-order valence-electron chi connectivity index (χ2n) is 5.31. The molecule has 2 aliphatic heterocycles. The number of Topliss-reactive ketones (excluding diaryl/α,β-unsaturated/α-hetero) is 1. The van der Waals surface area contributed by atoms with Crippen molar-refractivity contribution < 1.29 is 19.1 Å². The number of carbonyl (C=O) groups excluding carboxylic acids is 2. The molecule has 0 bridgehead atoms. The Bertz CT molecular complexity index is 680. The van der Waals surface area contributed by atoms with Gasteiger partial charge in [-0.2, -0.15) is 0 Å². The number of nitrogens with one attached hydrogen (secondary N) is 2. The van der Waals surface area contributed by atoms with Crippen LogP contribution in [0.5, 0.6) is 11.5 Å². The van der Waals surface area contributed by atoms with Gasteiger partial charge in [0, 0.05) is 17.7 Å². The van der Waals surface area contributed by atoms with E-state index < -0.39 is 6.04 Å². The maximum Gasteiger partial charge on any atom is 0.319 e. The molecule has 1 aromatic carbocycles. The van der Waals surface area contributed by atoms with Crippen molar-refractivity contribution in [1.82, 2.24) is 10.6 Å². The van der Waals surface area contributed by atoms with Crippen LogP contribution in [-0.4, -0.2) is 18.6 Å². The first-order chi connectivity index (χ1) is 10.2. The van der Waals surface area contributed by atoms with Gasteiger partial charge in [-0.3, -0.25) is 4.79 Å². The molecule has 2 N–H and O–H groups in total. The fraction of sp³-hybridized carbons (Fsp3) is 0.333. The highest BCUT2D eigenvalue weighted by atomic mass is 16.7. The highest BCUT2D eigenvalue weighted by Crippen LogP contribution is 2.38. The van der Waals surface area contributed by atoms with E-state index in [1.54, 1.807) is 6.07 Å². The third kappa shape index (κ3) is 1.94. The largest absolute Gasteiger partial charge is 0.454 e. The highest BCUT2D eigenvalue weighted by molar-refractivity contribution is 6.01. The van der Waals surface area contributed by atoms with Crippen molar-refractivity contribution in [2.75, 3.05) is 6.79 Å². The van der Waals surface area contributed by atoms with Crippen molar-refractivity contribution >= 4 is 11.8 Å². The number of fused-ring (bicyclic) bond motifs is 1. The van der Waals surface area contributed by atoms with E-state index >= 15 is 0 Å². The normalized spacial score (nSPS) is 23.5. The topological polar surface area (TPSA) is 76.7 Å². The first-order valence-electron chi connectivity index (χ1n) is 6.96. The maximum atomic E-state index is 12.2. The number of benzene rings is 1. The van der Waals surface area contributed by atoms with Gasteiger partial charge in [0.05, 0.1) is 6.04 Å². The first-order valence-corrected chi connectivity index (χ1v) is 6.96. The van der Waals surface area contributed by atoms with Crippen LogP contribution in [0.3, 0.4) is 0 Å². The summed E-state index contributed by atoms with van der Waals surface area (Å²) in [5, 5.41) is 5.58. The molecule has 0 spiro atoms. The number of hydrogen-bond donors (Lipinski definition) is 2. The Morgan fingerprint density at radius 2 is 1.95 bits per heavy atom. The summed E-state index contributed by atoms with van der Waals surface area (Å²) in [6.45, 7) is 0.199. The van der Waals surface area contributed by atoms with Crippen molar-refractivity contribution in [3.63, 3.8) is 0 Å². The SMILES string of the molecule is O=C1NC2=C(C(=O)CCC2)C(c2ccc3c(c2)OCO3)N1. The van der Waals surface area contributed by atoms with Gasteiger partial charge in [-0.15, -0.1) is 0 Å². The number of allylic oxidation sites excluding steroid dienone is 1. The lowest BCUT2D eigenvalue weighted by Gasteiger charge is -2.32. The predicted molar refractivity (Wildman–Crippen MR) is 72.9 cm³/mol. The first kappa shape index (κ1) is 12.3. The van der Waals surface area contributed by atoms with Gasteiger partial charge in [0.25, 0.3) is 0 Å². The van der Waals surface area contributed by atoms with Crippen molar-refractivity contribution in [3.8, 4) is 11.5 Å². The molecule has 1 atom stereocenters. The quantitative estimate of drug-likeness (QED) is 0.825. The summed E-state index contributed by atoms with van der Waals surface area (Å²) in [7, 11) is 0. The second kappa shape index (κ2) is 4.51. The predicted octanol–water partition coefficient (Wildman–Crippen LogP) is 1.78. The monoisotopic (exact) mass is 286 g/mol. The summed E-state index contributed by atoms with van der Waals surface area (Å²) in [6.07, 6.45) is 2.04. The number of hydrogen-bond acceptors (Lipinski definition) is 4. The minimum Gasteiger partial charge on any atom is -0.454 e. The van der Waals surface area contributed by atoms with Crippen LogP contribution in [0.15, 0.2) is 29.5 Å². The molecule has 2 heterocycles. The molecule has 2 amide bonds. The zero-order valence-corrected chi connectivity index (χ0v) is 11.3. The van der Waals surface area contributed by atoms with E-state index in [1.807, 2.05) is 12.1 Å². The Kier molecular flexibility index (Phi) is 2.63. The van der Waals surface area contributed by atoms with Gasteiger partial charge in [-0.1, -0.05) is 6.07 Å². The second-order valence-corrected chi connectivity index (χ2v) is 5.31. The van der Waals surface area contributed by atoms with Gasteiger partial charge in [0.2, 0.25) is 6.79 Å². The Hall–Kier alpha value is -2.50. The van der Waals surface area contributed by atoms with Crippen LogP contribution >= 0.6 is 0 Å². The molecule has 1 aromatic rings. The standard InChI is InChI=1S/C15H14N2O4/c18-10-3-1-2-9-13(10)14(17-15(19)16-9)8-4-5-11-12(6-8)21-7-20-11/h4-6,14H,1-3,7H2,(H2,16,17,19). The van der Waals surface area contributed by atoms with Crippen LogP contribution in [0.1, 0.15) is 30.9 Å². The molecule has 0 saturated heterocycles. The molecule has 0 radical (unpaired) electrons. The van der Waals surface area contributed by atoms with E-state index in [4.69, 9.17) is 9.47 Å². The molecule has 0 fully saturated rings. The number of rotatable bonds is 1. The fourth-order valence-electron chi connectivity index (χ4n) is 3.05. The summed E-state index contributed by atoms with van der Waals surface area (Å²) >= 11 is 0. The molecule has 4 rings (SSSR count). The van der Waals surface area contributed by atoms with Gasteiger partial charge in [0.15, 0.2) is 17.3 Å². The van der Waals surface area contributed by atoms with Crippen LogP contribution in [0.4, 0.5) is 4.79 Å². The van der Waals surface area contributed by atoms with Gasteiger partial charge >= 0.3 is 6.03 Å². The smallest absolute Gasteiger partial charge is 0.319 e. The molecule has 1 unspecified atom stereocenters. The number of carbonyl (C=O) groups is 2. The van der Waals surface area contributed by atoms with Crippen molar-refractivity contribution in [1.29, 1.82) is 0 Å². The number of ether oxygens (including phenoxy) is 2. The molecule has 0 saturated carbocycles. The maximum absolute atomic E-state index is 12.2. The van der Waals surface area contributed by atoms with Crippen molar-refractivity contribution in [2.24, 2.45) is 0 Å². The zero-order valence-electron chi connectivity index (χ0n) is 11.3. The average Bonchev–Trinajstić information content (AvgIpc) is 2.93. The number of amides is 2. The minimum absolute atomic E-state index is 0.0893. The van der Waals surface area contributed by atoms with Gasteiger partial charge in [-0.25, -0.2) is 4.79 Å². The van der Waals surface area contributed by atoms with E-state index in [0.717, 1.165) is 24.1 Å². The lowest BCUT2D eigenvalue weighted by Crippen LogP contribution is -2.46. The molecule has 1 aliphatic carbocycles. The van der Waals surface area contributed by atoms with Gasteiger partial charge < -0.3 is 20.1 Å². The fourth-order valence-corrected chi connectivity index (χ4v) is 3.05. The van der Waals surface area contributed by atoms with Gasteiger partial charge in [0.1, 0.15) is 0 Å². The van der Waals surface area contributed by atoms with Crippen LogP contribution in [0, 0.1) is 0 Å². The highest BCUT2D eigenvalue weighted by Gasteiger charge is 2.34. The van der Waals surface area contributed by atoms with Crippen molar-refractivity contribution in [3.05, 3.63) is 35.0 Å².